The van der Waals surface area contributed by atoms with Gasteiger partial charge in [0.05, 0.1) is 0 Å². The van der Waals surface area contributed by atoms with Gasteiger partial charge in [-0.2, -0.15) is 0 Å². The fourth-order valence-electron chi connectivity index (χ4n) is 1.85. The van der Waals surface area contributed by atoms with E-state index in [1.807, 2.05) is 43.6 Å². The number of amides is 1. The van der Waals surface area contributed by atoms with Crippen molar-refractivity contribution in [3.63, 3.8) is 0 Å². The quantitative estimate of drug-likeness (QED) is 0.888. The number of carbonyl (C=O) groups excluding carboxylic acids is 1. The first-order chi connectivity index (χ1) is 10.1. The van der Waals surface area contributed by atoms with Crippen molar-refractivity contribution in [1.82, 2.24) is 10.3 Å². The minimum atomic E-state index is -0.0641. The SMILES string of the molecule is CNC(C)c1ccnc(Sc2ccc(NC(C)=O)cc2)c1. The fraction of sp³-hybridized carbons (Fsp3) is 0.250. The molecule has 0 aliphatic heterocycles. The van der Waals surface area contributed by atoms with Gasteiger partial charge in [-0.05, 0) is 55.9 Å². The van der Waals surface area contributed by atoms with Crippen LogP contribution < -0.4 is 10.6 Å². The van der Waals surface area contributed by atoms with Gasteiger partial charge in [-0.3, -0.25) is 4.79 Å². The van der Waals surface area contributed by atoms with Gasteiger partial charge in [0.2, 0.25) is 5.91 Å². The number of anilines is 1. The predicted octanol–water partition coefficient (Wildman–Crippen LogP) is 3.47. The van der Waals surface area contributed by atoms with E-state index < -0.39 is 0 Å². The maximum atomic E-state index is 11.0. The van der Waals surface area contributed by atoms with Crippen LogP contribution in [0.2, 0.25) is 0 Å². The summed E-state index contributed by atoms with van der Waals surface area (Å²) in [6.45, 7) is 3.62. The molecule has 2 rings (SSSR count). The number of hydrogen-bond acceptors (Lipinski definition) is 4. The normalized spacial score (nSPS) is 12.0. The van der Waals surface area contributed by atoms with Crippen molar-refractivity contribution >= 4 is 23.4 Å². The van der Waals surface area contributed by atoms with Crippen LogP contribution in [-0.2, 0) is 4.79 Å². The summed E-state index contributed by atoms with van der Waals surface area (Å²) in [5.74, 6) is -0.0641. The van der Waals surface area contributed by atoms with Crippen LogP contribution >= 0.6 is 11.8 Å². The molecule has 5 heteroatoms. The number of aromatic nitrogens is 1. The summed E-state index contributed by atoms with van der Waals surface area (Å²) in [6, 6.07) is 12.2. The second-order valence-corrected chi connectivity index (χ2v) is 5.84. The largest absolute Gasteiger partial charge is 0.326 e. The Kier molecular flexibility index (Phi) is 5.36. The molecule has 0 saturated carbocycles. The third kappa shape index (κ3) is 4.58. The van der Waals surface area contributed by atoms with Crippen molar-refractivity contribution < 1.29 is 4.79 Å². The number of pyridine rings is 1. The summed E-state index contributed by atoms with van der Waals surface area (Å²) in [6.07, 6.45) is 1.83. The van der Waals surface area contributed by atoms with E-state index in [-0.39, 0.29) is 5.91 Å². The van der Waals surface area contributed by atoms with E-state index >= 15 is 0 Å². The van der Waals surface area contributed by atoms with Crippen LogP contribution in [0.1, 0.15) is 25.5 Å². The van der Waals surface area contributed by atoms with Crippen LogP contribution in [0.4, 0.5) is 5.69 Å². The molecule has 0 radical (unpaired) electrons. The van der Waals surface area contributed by atoms with Gasteiger partial charge in [0, 0.05) is 29.7 Å². The zero-order chi connectivity index (χ0) is 15.2. The number of benzene rings is 1. The lowest BCUT2D eigenvalue weighted by molar-refractivity contribution is -0.114. The van der Waals surface area contributed by atoms with Gasteiger partial charge in [0.15, 0.2) is 0 Å². The van der Waals surface area contributed by atoms with Crippen molar-refractivity contribution in [2.45, 2.75) is 29.8 Å². The molecule has 2 N–H and O–H groups in total. The van der Waals surface area contributed by atoms with Gasteiger partial charge >= 0.3 is 0 Å². The molecule has 1 aromatic carbocycles. The third-order valence-corrected chi connectivity index (χ3v) is 4.03. The van der Waals surface area contributed by atoms with Crippen LogP contribution in [0.25, 0.3) is 0 Å². The van der Waals surface area contributed by atoms with E-state index in [9.17, 15) is 4.79 Å². The lowest BCUT2D eigenvalue weighted by atomic mass is 10.1. The minimum absolute atomic E-state index is 0.0641. The van der Waals surface area contributed by atoms with E-state index in [1.165, 1.54) is 12.5 Å². The topological polar surface area (TPSA) is 54.0 Å². The minimum Gasteiger partial charge on any atom is -0.326 e. The molecule has 4 nitrogen and oxygen atoms in total. The maximum Gasteiger partial charge on any atom is 0.221 e. The monoisotopic (exact) mass is 301 g/mol. The van der Waals surface area contributed by atoms with E-state index in [1.54, 1.807) is 11.8 Å². The van der Waals surface area contributed by atoms with Crippen LogP contribution in [0, 0.1) is 0 Å². The Morgan fingerprint density at radius 2 is 1.95 bits per heavy atom. The molecule has 1 aromatic heterocycles. The van der Waals surface area contributed by atoms with Crippen molar-refractivity contribution in [3.8, 4) is 0 Å². The molecular weight excluding hydrogens is 282 g/mol. The van der Waals surface area contributed by atoms with Gasteiger partial charge < -0.3 is 10.6 Å². The van der Waals surface area contributed by atoms with Gasteiger partial charge in [-0.1, -0.05) is 11.8 Å². The molecule has 0 spiro atoms. The summed E-state index contributed by atoms with van der Waals surface area (Å²) in [5, 5.41) is 6.94. The number of nitrogens with one attached hydrogen (secondary N) is 2. The molecule has 2 aromatic rings. The number of nitrogens with zero attached hydrogens (tertiary/aromatic N) is 1. The number of rotatable bonds is 5. The summed E-state index contributed by atoms with van der Waals surface area (Å²) < 4.78 is 0. The molecule has 21 heavy (non-hydrogen) atoms. The zero-order valence-corrected chi connectivity index (χ0v) is 13.2. The standard InChI is InChI=1S/C16H19N3OS/c1-11(17-3)13-8-9-18-16(10-13)21-15-6-4-14(5-7-15)19-12(2)20/h4-11,17H,1-3H3,(H,19,20). The Balaban J connectivity index is 2.09. The highest BCUT2D eigenvalue weighted by molar-refractivity contribution is 7.99. The molecule has 0 saturated heterocycles. The highest BCUT2D eigenvalue weighted by atomic mass is 32.2. The smallest absolute Gasteiger partial charge is 0.221 e. The van der Waals surface area contributed by atoms with Gasteiger partial charge in [0.1, 0.15) is 5.03 Å². The molecule has 0 fully saturated rings. The molecule has 0 aliphatic rings. The van der Waals surface area contributed by atoms with Crippen LogP contribution in [0.5, 0.6) is 0 Å². The molecule has 1 amide bonds. The molecule has 1 heterocycles. The van der Waals surface area contributed by atoms with E-state index in [2.05, 4.69) is 28.6 Å². The predicted molar refractivity (Wildman–Crippen MR) is 86.6 cm³/mol. The zero-order valence-electron chi connectivity index (χ0n) is 12.4. The van der Waals surface area contributed by atoms with E-state index in [4.69, 9.17) is 0 Å². The summed E-state index contributed by atoms with van der Waals surface area (Å²) in [7, 11) is 1.94. The Hall–Kier alpha value is -1.85. The van der Waals surface area contributed by atoms with Crippen molar-refractivity contribution in [2.24, 2.45) is 0 Å². The van der Waals surface area contributed by atoms with Crippen LogP contribution in [0.3, 0.4) is 0 Å². The first-order valence-corrected chi connectivity index (χ1v) is 7.59. The van der Waals surface area contributed by atoms with Crippen molar-refractivity contribution in [3.05, 3.63) is 48.2 Å². The highest BCUT2D eigenvalue weighted by Gasteiger charge is 2.05. The van der Waals surface area contributed by atoms with E-state index in [0.717, 1.165) is 15.6 Å². The van der Waals surface area contributed by atoms with Gasteiger partial charge in [0.25, 0.3) is 0 Å². The number of carbonyl (C=O) groups is 1. The second-order valence-electron chi connectivity index (χ2n) is 4.75. The van der Waals surface area contributed by atoms with Crippen molar-refractivity contribution in [1.29, 1.82) is 0 Å². The highest BCUT2D eigenvalue weighted by Crippen LogP contribution is 2.28. The Labute approximate surface area is 129 Å². The lowest BCUT2D eigenvalue weighted by Gasteiger charge is -2.11. The summed E-state index contributed by atoms with van der Waals surface area (Å²) >= 11 is 1.61. The average Bonchev–Trinajstić information content (AvgIpc) is 2.48. The molecule has 1 atom stereocenters. The van der Waals surface area contributed by atoms with Crippen molar-refractivity contribution in [2.75, 3.05) is 12.4 Å². The number of hydrogen-bond donors (Lipinski definition) is 2. The van der Waals surface area contributed by atoms with E-state index in [0.29, 0.717) is 6.04 Å². The summed E-state index contributed by atoms with van der Waals surface area (Å²) in [5.41, 5.74) is 2.02. The van der Waals surface area contributed by atoms with Crippen LogP contribution in [0.15, 0.2) is 52.5 Å². The second kappa shape index (κ2) is 7.24. The fourth-order valence-corrected chi connectivity index (χ4v) is 2.67. The van der Waals surface area contributed by atoms with Crippen LogP contribution in [-0.4, -0.2) is 17.9 Å². The summed E-state index contributed by atoms with van der Waals surface area (Å²) in [4.78, 5) is 16.5. The lowest BCUT2D eigenvalue weighted by Crippen LogP contribution is -2.12. The molecule has 0 aliphatic carbocycles. The molecule has 0 bridgehead atoms. The first kappa shape index (κ1) is 15.5. The van der Waals surface area contributed by atoms with Gasteiger partial charge in [-0.15, -0.1) is 0 Å². The molecule has 1 unspecified atom stereocenters. The molecular formula is C16H19N3OS. The Morgan fingerprint density at radius 1 is 1.24 bits per heavy atom. The average molecular weight is 301 g/mol. The maximum absolute atomic E-state index is 11.0. The first-order valence-electron chi connectivity index (χ1n) is 6.77. The Morgan fingerprint density at radius 3 is 2.57 bits per heavy atom. The van der Waals surface area contributed by atoms with Gasteiger partial charge in [-0.25, -0.2) is 4.98 Å². The third-order valence-electron chi connectivity index (χ3n) is 3.09. The molecule has 110 valence electrons. The Bertz CT molecular complexity index is 613.